The first-order valence-corrected chi connectivity index (χ1v) is 6.73. The molecule has 0 aliphatic rings. The Kier molecular flexibility index (Phi) is 4.85. The van der Waals surface area contributed by atoms with Gasteiger partial charge in [-0.15, -0.1) is 0 Å². The van der Waals surface area contributed by atoms with Crippen LogP contribution in [-0.2, 0) is 19.5 Å². The van der Waals surface area contributed by atoms with Crippen LogP contribution in [0.1, 0.15) is 34.1 Å². The highest BCUT2D eigenvalue weighted by Gasteiger charge is 2.07. The van der Waals surface area contributed by atoms with Crippen LogP contribution in [0.5, 0.6) is 0 Å². The molecule has 1 heterocycles. The van der Waals surface area contributed by atoms with E-state index in [1.807, 2.05) is 24.3 Å². The topological polar surface area (TPSA) is 68.0 Å². The number of carbonyl (C=O) groups excluding carboxylic acids is 1. The van der Waals surface area contributed by atoms with Gasteiger partial charge in [-0.2, -0.15) is 0 Å². The summed E-state index contributed by atoms with van der Waals surface area (Å²) in [4.78, 5) is 15.7. The number of nitrogens with one attached hydrogen (secondary N) is 1. The van der Waals surface area contributed by atoms with E-state index in [0.29, 0.717) is 18.7 Å². The standard InChI is InChI=1S/C16H19N3O/c1-2-12-7-5-9-19-15(12)11-18-10-13-6-3-4-8-14(13)16(17)20/h3-9,18H,2,10-11H2,1H3,(H2,17,20). The number of carbonyl (C=O) groups is 1. The average Bonchev–Trinajstić information content (AvgIpc) is 2.48. The van der Waals surface area contributed by atoms with E-state index in [9.17, 15) is 4.79 Å². The second-order valence-electron chi connectivity index (χ2n) is 4.59. The maximum absolute atomic E-state index is 11.3. The summed E-state index contributed by atoms with van der Waals surface area (Å²) < 4.78 is 0. The molecule has 0 bridgehead atoms. The number of hydrogen-bond donors (Lipinski definition) is 2. The molecule has 0 fully saturated rings. The predicted octanol–water partition coefficient (Wildman–Crippen LogP) is 2.03. The molecule has 3 N–H and O–H groups in total. The second-order valence-corrected chi connectivity index (χ2v) is 4.59. The molecule has 0 aliphatic heterocycles. The van der Waals surface area contributed by atoms with Gasteiger partial charge in [0, 0.05) is 24.8 Å². The molecule has 0 spiro atoms. The number of rotatable bonds is 6. The van der Waals surface area contributed by atoms with Crippen molar-refractivity contribution in [1.29, 1.82) is 0 Å². The quantitative estimate of drug-likeness (QED) is 0.843. The molecule has 2 aromatic rings. The Bertz CT molecular complexity index is 596. The minimum atomic E-state index is -0.394. The summed E-state index contributed by atoms with van der Waals surface area (Å²) >= 11 is 0. The summed E-state index contributed by atoms with van der Waals surface area (Å²) in [5, 5.41) is 3.32. The zero-order valence-corrected chi connectivity index (χ0v) is 11.6. The fraction of sp³-hybridized carbons (Fsp3) is 0.250. The summed E-state index contributed by atoms with van der Waals surface area (Å²) in [6, 6.07) is 11.4. The molecule has 0 aliphatic carbocycles. The largest absolute Gasteiger partial charge is 0.366 e. The van der Waals surface area contributed by atoms with Crippen molar-refractivity contribution in [3.8, 4) is 0 Å². The van der Waals surface area contributed by atoms with Crippen LogP contribution < -0.4 is 11.1 Å². The van der Waals surface area contributed by atoms with E-state index in [1.54, 1.807) is 12.3 Å². The van der Waals surface area contributed by atoms with Crippen LogP contribution in [0.4, 0.5) is 0 Å². The molecule has 20 heavy (non-hydrogen) atoms. The number of aromatic nitrogens is 1. The summed E-state index contributed by atoms with van der Waals surface area (Å²) in [7, 11) is 0. The van der Waals surface area contributed by atoms with Gasteiger partial charge >= 0.3 is 0 Å². The first-order valence-electron chi connectivity index (χ1n) is 6.73. The molecule has 4 heteroatoms. The third-order valence-corrected chi connectivity index (χ3v) is 3.26. The number of primary amides is 1. The maximum atomic E-state index is 11.3. The zero-order chi connectivity index (χ0) is 14.4. The highest BCUT2D eigenvalue weighted by Crippen LogP contribution is 2.09. The summed E-state index contributed by atoms with van der Waals surface area (Å²) in [5.41, 5.74) is 9.13. The second kappa shape index (κ2) is 6.82. The number of aryl methyl sites for hydroxylation is 1. The lowest BCUT2D eigenvalue weighted by Crippen LogP contribution is -2.19. The molecule has 1 amide bonds. The molecule has 104 valence electrons. The lowest BCUT2D eigenvalue weighted by Gasteiger charge is -2.10. The summed E-state index contributed by atoms with van der Waals surface area (Å²) in [6.07, 6.45) is 2.76. The number of pyridine rings is 1. The molecule has 0 unspecified atom stereocenters. The van der Waals surface area contributed by atoms with E-state index in [2.05, 4.69) is 23.3 Å². The van der Waals surface area contributed by atoms with E-state index >= 15 is 0 Å². The van der Waals surface area contributed by atoms with E-state index in [4.69, 9.17) is 5.73 Å². The van der Waals surface area contributed by atoms with Crippen LogP contribution in [0, 0.1) is 0 Å². The first kappa shape index (κ1) is 14.2. The van der Waals surface area contributed by atoms with E-state index in [0.717, 1.165) is 17.7 Å². The van der Waals surface area contributed by atoms with Gasteiger partial charge in [-0.3, -0.25) is 9.78 Å². The Morgan fingerprint density at radius 3 is 2.65 bits per heavy atom. The Balaban J connectivity index is 2.01. The molecular weight excluding hydrogens is 250 g/mol. The van der Waals surface area contributed by atoms with Crippen molar-refractivity contribution < 1.29 is 4.79 Å². The van der Waals surface area contributed by atoms with Gasteiger partial charge in [-0.25, -0.2) is 0 Å². The average molecular weight is 269 g/mol. The molecule has 4 nitrogen and oxygen atoms in total. The van der Waals surface area contributed by atoms with Crippen molar-refractivity contribution in [2.75, 3.05) is 0 Å². The van der Waals surface area contributed by atoms with Crippen LogP contribution in [0.3, 0.4) is 0 Å². The highest BCUT2D eigenvalue weighted by molar-refractivity contribution is 5.94. The van der Waals surface area contributed by atoms with Gasteiger partial charge in [0.15, 0.2) is 0 Å². The molecule has 2 rings (SSSR count). The van der Waals surface area contributed by atoms with Gasteiger partial charge in [0.05, 0.1) is 5.69 Å². The molecule has 0 saturated carbocycles. The first-order chi connectivity index (χ1) is 9.72. The summed E-state index contributed by atoms with van der Waals surface area (Å²) in [6.45, 7) is 3.39. The van der Waals surface area contributed by atoms with Gasteiger partial charge in [-0.05, 0) is 29.7 Å². The van der Waals surface area contributed by atoms with E-state index in [1.165, 1.54) is 5.56 Å². The number of amides is 1. The van der Waals surface area contributed by atoms with Crippen LogP contribution in [0.2, 0.25) is 0 Å². The van der Waals surface area contributed by atoms with Gasteiger partial charge in [0.1, 0.15) is 0 Å². The van der Waals surface area contributed by atoms with Crippen molar-refractivity contribution in [3.05, 3.63) is 65.0 Å². The van der Waals surface area contributed by atoms with Gasteiger partial charge < -0.3 is 11.1 Å². The van der Waals surface area contributed by atoms with Gasteiger partial charge in [0.25, 0.3) is 0 Å². The van der Waals surface area contributed by atoms with Gasteiger partial charge in [-0.1, -0.05) is 31.2 Å². The van der Waals surface area contributed by atoms with E-state index < -0.39 is 5.91 Å². The van der Waals surface area contributed by atoms with Crippen molar-refractivity contribution in [2.24, 2.45) is 5.73 Å². The fourth-order valence-corrected chi connectivity index (χ4v) is 2.18. The smallest absolute Gasteiger partial charge is 0.249 e. The normalized spacial score (nSPS) is 10.4. The maximum Gasteiger partial charge on any atom is 0.249 e. The third kappa shape index (κ3) is 3.42. The minimum absolute atomic E-state index is 0.394. The van der Waals surface area contributed by atoms with Crippen molar-refractivity contribution in [3.63, 3.8) is 0 Å². The SMILES string of the molecule is CCc1cccnc1CNCc1ccccc1C(N)=O. The molecule has 0 radical (unpaired) electrons. The van der Waals surface area contributed by atoms with Crippen LogP contribution in [-0.4, -0.2) is 10.9 Å². The molecular formula is C16H19N3O. The Hall–Kier alpha value is -2.20. The van der Waals surface area contributed by atoms with Crippen molar-refractivity contribution in [1.82, 2.24) is 10.3 Å². The summed E-state index contributed by atoms with van der Waals surface area (Å²) in [5.74, 6) is -0.394. The van der Waals surface area contributed by atoms with Crippen LogP contribution >= 0.6 is 0 Å². The number of nitrogens with zero attached hydrogens (tertiary/aromatic N) is 1. The molecule has 1 aromatic carbocycles. The lowest BCUT2D eigenvalue weighted by molar-refractivity contribution is 0.0999. The number of nitrogens with two attached hydrogens (primary N) is 1. The zero-order valence-electron chi connectivity index (χ0n) is 11.6. The monoisotopic (exact) mass is 269 g/mol. The Morgan fingerprint density at radius 1 is 1.15 bits per heavy atom. The molecule has 0 atom stereocenters. The van der Waals surface area contributed by atoms with Crippen LogP contribution in [0.15, 0.2) is 42.6 Å². The van der Waals surface area contributed by atoms with Crippen molar-refractivity contribution >= 4 is 5.91 Å². The Morgan fingerprint density at radius 2 is 1.90 bits per heavy atom. The predicted molar refractivity (Wildman–Crippen MR) is 79.1 cm³/mol. The fourth-order valence-electron chi connectivity index (χ4n) is 2.18. The number of hydrogen-bond acceptors (Lipinski definition) is 3. The van der Waals surface area contributed by atoms with Crippen LogP contribution in [0.25, 0.3) is 0 Å². The number of benzene rings is 1. The lowest BCUT2D eigenvalue weighted by atomic mass is 10.1. The highest BCUT2D eigenvalue weighted by atomic mass is 16.1. The van der Waals surface area contributed by atoms with Gasteiger partial charge in [0.2, 0.25) is 5.91 Å². The molecule has 1 aromatic heterocycles. The van der Waals surface area contributed by atoms with E-state index in [-0.39, 0.29) is 0 Å². The minimum Gasteiger partial charge on any atom is -0.366 e. The third-order valence-electron chi connectivity index (χ3n) is 3.26. The van der Waals surface area contributed by atoms with Crippen molar-refractivity contribution in [2.45, 2.75) is 26.4 Å². The molecule has 0 saturated heterocycles. The Labute approximate surface area is 119 Å².